The van der Waals surface area contributed by atoms with Crippen molar-refractivity contribution in [3.63, 3.8) is 0 Å². The average Bonchev–Trinajstić information content (AvgIpc) is 2.59. The summed E-state index contributed by atoms with van der Waals surface area (Å²) in [6.07, 6.45) is 1.80. The molecule has 3 N–H and O–H groups in total. The second-order valence-electron chi connectivity index (χ2n) is 6.28. The van der Waals surface area contributed by atoms with Crippen molar-refractivity contribution in [3.8, 4) is 0 Å². The molecule has 0 fully saturated rings. The first kappa shape index (κ1) is 22.2. The van der Waals surface area contributed by atoms with Crippen LogP contribution in [-0.4, -0.2) is 59.2 Å². The highest BCUT2D eigenvalue weighted by Gasteiger charge is 2.09. The van der Waals surface area contributed by atoms with E-state index in [0.29, 0.717) is 25.5 Å². The molecule has 26 heavy (non-hydrogen) atoms. The fourth-order valence-corrected chi connectivity index (χ4v) is 2.99. The third-order valence-corrected chi connectivity index (χ3v) is 4.64. The van der Waals surface area contributed by atoms with Gasteiger partial charge >= 0.3 is 0 Å². The Morgan fingerprint density at radius 3 is 2.54 bits per heavy atom. The number of aliphatic imine (C=N–C) groups is 1. The molecule has 0 saturated heterocycles. The number of ether oxygens (including phenoxy) is 1. The van der Waals surface area contributed by atoms with E-state index in [1.807, 2.05) is 38.1 Å². The van der Waals surface area contributed by atoms with Gasteiger partial charge in [-0.15, -0.1) is 0 Å². The fraction of sp³-hybridized carbons (Fsp3) is 0.611. The Morgan fingerprint density at radius 1 is 1.27 bits per heavy atom. The van der Waals surface area contributed by atoms with Crippen molar-refractivity contribution in [3.05, 3.63) is 29.8 Å². The third-order valence-electron chi connectivity index (χ3n) is 3.66. The zero-order chi connectivity index (χ0) is 19.4. The number of nitrogens with one attached hydrogen (secondary N) is 3. The van der Waals surface area contributed by atoms with E-state index in [9.17, 15) is 8.42 Å². The normalized spacial score (nSPS) is 13.3. The largest absolute Gasteiger partial charge is 0.383 e. The van der Waals surface area contributed by atoms with E-state index in [0.717, 1.165) is 24.3 Å². The predicted molar refractivity (Wildman–Crippen MR) is 109 cm³/mol. The summed E-state index contributed by atoms with van der Waals surface area (Å²) in [5.41, 5.74) is 2.15. The molecular weight excluding hydrogens is 352 g/mol. The number of methoxy groups -OCH3 is 1. The second kappa shape index (κ2) is 11.7. The lowest BCUT2D eigenvalue weighted by Gasteiger charge is -2.17. The smallest absolute Gasteiger partial charge is 0.191 e. The van der Waals surface area contributed by atoms with Crippen molar-refractivity contribution in [2.75, 3.05) is 44.1 Å². The van der Waals surface area contributed by atoms with Crippen LogP contribution in [0.2, 0.25) is 0 Å². The van der Waals surface area contributed by atoms with E-state index in [4.69, 9.17) is 4.74 Å². The maximum Gasteiger partial charge on any atom is 0.191 e. The molecule has 0 saturated carbocycles. The molecule has 1 rings (SSSR count). The van der Waals surface area contributed by atoms with Crippen LogP contribution < -0.4 is 16.0 Å². The van der Waals surface area contributed by atoms with Crippen LogP contribution in [0.4, 0.5) is 5.69 Å². The van der Waals surface area contributed by atoms with Gasteiger partial charge in [0.2, 0.25) is 0 Å². The maximum atomic E-state index is 11.3. The molecule has 0 heterocycles. The van der Waals surface area contributed by atoms with E-state index < -0.39 is 9.84 Å². The van der Waals surface area contributed by atoms with Crippen molar-refractivity contribution in [1.82, 2.24) is 10.6 Å². The van der Waals surface area contributed by atoms with Crippen molar-refractivity contribution in [1.29, 1.82) is 0 Å². The lowest BCUT2D eigenvalue weighted by atomic mass is 10.2. The lowest BCUT2D eigenvalue weighted by Crippen LogP contribution is -2.42. The lowest BCUT2D eigenvalue weighted by molar-refractivity contribution is 0.211. The summed E-state index contributed by atoms with van der Waals surface area (Å²) in [6, 6.07) is 8.14. The molecule has 0 radical (unpaired) electrons. The quantitative estimate of drug-likeness (QED) is 0.305. The molecule has 0 aliphatic carbocycles. The van der Waals surface area contributed by atoms with Crippen molar-refractivity contribution in [2.24, 2.45) is 4.99 Å². The number of rotatable bonds is 11. The molecule has 0 aliphatic heterocycles. The maximum absolute atomic E-state index is 11.3. The van der Waals surface area contributed by atoms with Gasteiger partial charge in [-0.25, -0.2) is 13.4 Å². The molecule has 1 aromatic rings. The van der Waals surface area contributed by atoms with Crippen LogP contribution in [0, 0.1) is 0 Å². The van der Waals surface area contributed by atoms with Crippen molar-refractivity contribution >= 4 is 21.5 Å². The number of nitrogens with zero attached hydrogens (tertiary/aromatic N) is 1. The first-order valence-electron chi connectivity index (χ1n) is 8.88. The highest BCUT2D eigenvalue weighted by atomic mass is 32.2. The van der Waals surface area contributed by atoms with Crippen LogP contribution in [0.1, 0.15) is 25.8 Å². The highest BCUT2D eigenvalue weighted by Crippen LogP contribution is 2.10. The van der Waals surface area contributed by atoms with Gasteiger partial charge in [0.15, 0.2) is 5.96 Å². The third kappa shape index (κ3) is 10.2. The summed E-state index contributed by atoms with van der Waals surface area (Å²) >= 11 is 0. The molecular formula is C18H32N4O3S. The predicted octanol–water partition coefficient (Wildman–Crippen LogP) is 1.62. The van der Waals surface area contributed by atoms with E-state index >= 15 is 0 Å². The number of hydrogen-bond donors (Lipinski definition) is 3. The molecule has 1 unspecified atom stereocenters. The van der Waals surface area contributed by atoms with Gasteiger partial charge in [0.05, 0.1) is 18.9 Å². The van der Waals surface area contributed by atoms with Crippen LogP contribution in [0.25, 0.3) is 0 Å². The number of sulfone groups is 1. The molecule has 1 atom stereocenters. The Kier molecular flexibility index (Phi) is 10.0. The SMILES string of the molecule is CCNC(=NCc1ccc(NCCOC)cc1)NC(C)CCS(C)(=O)=O. The van der Waals surface area contributed by atoms with E-state index in [2.05, 4.69) is 20.9 Å². The molecule has 0 spiro atoms. The molecule has 0 aromatic heterocycles. The van der Waals surface area contributed by atoms with E-state index in [1.54, 1.807) is 7.11 Å². The Labute approximate surface area is 157 Å². The fourth-order valence-electron chi connectivity index (χ4n) is 2.21. The molecule has 1 aromatic carbocycles. The number of anilines is 1. The first-order chi connectivity index (χ1) is 12.3. The standard InChI is InChI=1S/C18H32N4O3S/c1-5-19-18(22-15(2)10-13-26(4,23)24)21-14-16-6-8-17(9-7-16)20-11-12-25-3/h6-9,15,20H,5,10-14H2,1-4H3,(H2,19,21,22). The van der Waals surface area contributed by atoms with Crippen LogP contribution in [-0.2, 0) is 21.1 Å². The number of benzene rings is 1. The van der Waals surface area contributed by atoms with Gasteiger partial charge in [-0.2, -0.15) is 0 Å². The topological polar surface area (TPSA) is 91.8 Å². The van der Waals surface area contributed by atoms with Gasteiger partial charge < -0.3 is 20.7 Å². The Hall–Kier alpha value is -1.80. The molecule has 8 heteroatoms. The minimum absolute atomic E-state index is 0.0230. The van der Waals surface area contributed by atoms with E-state index in [-0.39, 0.29) is 11.8 Å². The van der Waals surface area contributed by atoms with Crippen molar-refractivity contribution in [2.45, 2.75) is 32.9 Å². The minimum Gasteiger partial charge on any atom is -0.383 e. The van der Waals surface area contributed by atoms with Gasteiger partial charge in [-0.05, 0) is 38.0 Å². The van der Waals surface area contributed by atoms with Crippen LogP contribution in [0.15, 0.2) is 29.3 Å². The average molecular weight is 385 g/mol. The van der Waals surface area contributed by atoms with Gasteiger partial charge in [0.25, 0.3) is 0 Å². The number of guanidine groups is 1. The van der Waals surface area contributed by atoms with Crippen LogP contribution in [0.3, 0.4) is 0 Å². The van der Waals surface area contributed by atoms with E-state index in [1.165, 1.54) is 6.26 Å². The number of hydrogen-bond acceptors (Lipinski definition) is 5. The zero-order valence-corrected chi connectivity index (χ0v) is 17.0. The van der Waals surface area contributed by atoms with Crippen LogP contribution >= 0.6 is 0 Å². The summed E-state index contributed by atoms with van der Waals surface area (Å²) in [5.74, 6) is 0.855. The highest BCUT2D eigenvalue weighted by molar-refractivity contribution is 7.90. The summed E-state index contributed by atoms with van der Waals surface area (Å²) in [6.45, 7) is 6.69. The first-order valence-corrected chi connectivity index (χ1v) is 10.9. The summed E-state index contributed by atoms with van der Waals surface area (Å²) in [7, 11) is -1.27. The van der Waals surface area contributed by atoms with Gasteiger partial charge in [0, 0.05) is 38.2 Å². The zero-order valence-electron chi connectivity index (χ0n) is 16.2. The molecule has 0 amide bonds. The molecule has 0 bridgehead atoms. The van der Waals surface area contributed by atoms with Crippen LogP contribution in [0.5, 0.6) is 0 Å². The molecule has 148 valence electrons. The van der Waals surface area contributed by atoms with Gasteiger partial charge in [-0.3, -0.25) is 0 Å². The second-order valence-corrected chi connectivity index (χ2v) is 8.54. The molecule has 0 aliphatic rings. The van der Waals surface area contributed by atoms with Crippen molar-refractivity contribution < 1.29 is 13.2 Å². The summed E-state index contributed by atoms with van der Waals surface area (Å²) < 4.78 is 27.6. The van der Waals surface area contributed by atoms with Gasteiger partial charge in [-0.1, -0.05) is 12.1 Å². The Morgan fingerprint density at radius 2 is 1.96 bits per heavy atom. The summed E-state index contributed by atoms with van der Waals surface area (Å²) in [4.78, 5) is 4.58. The minimum atomic E-state index is -2.95. The van der Waals surface area contributed by atoms with Gasteiger partial charge in [0.1, 0.15) is 9.84 Å². The molecule has 7 nitrogen and oxygen atoms in total. The Balaban J connectivity index is 2.56. The monoisotopic (exact) mass is 384 g/mol. The summed E-state index contributed by atoms with van der Waals surface area (Å²) in [5, 5.41) is 9.72. The Bertz CT molecular complexity index is 645.